The molecule has 5 heteroatoms. The Morgan fingerprint density at radius 1 is 1.08 bits per heavy atom. The monoisotopic (exact) mass is 194 g/mol. The van der Waals surface area contributed by atoms with E-state index in [-0.39, 0.29) is 13.2 Å². The Kier molecular flexibility index (Phi) is 9.43. The van der Waals surface area contributed by atoms with Gasteiger partial charge in [0, 0.05) is 19.6 Å². The normalized spacial score (nSPS) is 11.0. The van der Waals surface area contributed by atoms with Crippen molar-refractivity contribution in [3.05, 3.63) is 0 Å². The molecule has 12 heavy (non-hydrogen) atoms. The van der Waals surface area contributed by atoms with Gasteiger partial charge in [0.2, 0.25) is 0 Å². The fourth-order valence-electron chi connectivity index (χ4n) is 1.000. The first-order valence-electron chi connectivity index (χ1n) is 4.16. The van der Waals surface area contributed by atoms with Gasteiger partial charge in [-0.1, -0.05) is 12.8 Å². The van der Waals surface area contributed by atoms with Crippen LogP contribution in [0.3, 0.4) is 0 Å². The van der Waals surface area contributed by atoms with Crippen molar-refractivity contribution in [2.45, 2.75) is 6.42 Å². The van der Waals surface area contributed by atoms with Crippen LogP contribution in [0.15, 0.2) is 0 Å². The number of nitrogens with one attached hydrogen (secondary N) is 1. The van der Waals surface area contributed by atoms with E-state index in [9.17, 15) is 0 Å². The van der Waals surface area contributed by atoms with Gasteiger partial charge in [0.1, 0.15) is 0 Å². The second-order valence-electron chi connectivity index (χ2n) is 2.55. The number of hydrogen-bond acceptors (Lipinski definition) is 5. The highest BCUT2D eigenvalue weighted by Gasteiger charge is 2.01. The number of rotatable bonds is 8. The number of nitrogens with zero attached hydrogens (tertiary/aromatic N) is 1. The lowest BCUT2D eigenvalue weighted by Gasteiger charge is -2.19. The minimum absolute atomic E-state index is 0.147. The molecule has 0 aromatic rings. The molecule has 0 heterocycles. The first kappa shape index (κ1) is 12.2. The first-order valence-corrected chi connectivity index (χ1v) is 4.61. The zero-order valence-electron chi connectivity index (χ0n) is 7.24. The van der Waals surface area contributed by atoms with Gasteiger partial charge in [0.05, 0.1) is 13.2 Å². The van der Waals surface area contributed by atoms with Gasteiger partial charge in [-0.05, 0) is 13.0 Å². The molecule has 0 aliphatic heterocycles. The third kappa shape index (κ3) is 6.87. The summed E-state index contributed by atoms with van der Waals surface area (Å²) in [6.07, 6.45) is 0.976. The zero-order chi connectivity index (χ0) is 9.23. The number of hydrogen-bond donors (Lipinski definition) is 4. The summed E-state index contributed by atoms with van der Waals surface area (Å²) in [5.74, 6) is 0. The summed E-state index contributed by atoms with van der Waals surface area (Å²) in [4.78, 5) is 2.02. The summed E-state index contributed by atoms with van der Waals surface area (Å²) >= 11 is 3.86. The van der Waals surface area contributed by atoms with Crippen molar-refractivity contribution in [2.24, 2.45) is 0 Å². The van der Waals surface area contributed by atoms with E-state index in [1.165, 1.54) is 0 Å². The summed E-state index contributed by atoms with van der Waals surface area (Å²) in [5.41, 5.74) is 0. The van der Waals surface area contributed by atoms with Crippen molar-refractivity contribution < 1.29 is 10.2 Å². The molecular weight excluding hydrogens is 176 g/mol. The summed E-state index contributed by atoms with van der Waals surface area (Å²) in [7, 11) is 0. The Morgan fingerprint density at radius 3 is 2.08 bits per heavy atom. The minimum Gasteiger partial charge on any atom is -0.395 e. The van der Waals surface area contributed by atoms with Crippen molar-refractivity contribution in [3.8, 4) is 0 Å². The standard InChI is InChI=1S/C7H18N2O2S/c10-6-4-9(5-7-11)3-1-2-8-12/h8,10-12H,1-7H2. The molecule has 74 valence electrons. The van der Waals surface area contributed by atoms with Gasteiger partial charge in [0.15, 0.2) is 0 Å². The maximum absolute atomic E-state index is 8.67. The molecule has 0 fully saturated rings. The Hall–Kier alpha value is 0.190. The van der Waals surface area contributed by atoms with E-state index in [1.54, 1.807) is 0 Å². The predicted octanol–water partition coefficient (Wildman–Crippen LogP) is -0.902. The van der Waals surface area contributed by atoms with E-state index in [2.05, 4.69) is 17.5 Å². The van der Waals surface area contributed by atoms with Crippen LogP contribution in [0.25, 0.3) is 0 Å². The molecule has 0 spiro atoms. The van der Waals surface area contributed by atoms with E-state index >= 15 is 0 Å². The largest absolute Gasteiger partial charge is 0.395 e. The third-order valence-electron chi connectivity index (χ3n) is 1.60. The average Bonchev–Trinajstić information content (AvgIpc) is 2.06. The van der Waals surface area contributed by atoms with Crippen molar-refractivity contribution >= 4 is 12.8 Å². The van der Waals surface area contributed by atoms with Crippen LogP contribution in [-0.4, -0.2) is 54.5 Å². The van der Waals surface area contributed by atoms with E-state index in [1.807, 2.05) is 4.90 Å². The molecule has 0 radical (unpaired) electrons. The highest BCUT2D eigenvalue weighted by molar-refractivity contribution is 7.78. The molecule has 0 aromatic heterocycles. The van der Waals surface area contributed by atoms with Crippen LogP contribution in [0.2, 0.25) is 0 Å². The van der Waals surface area contributed by atoms with E-state index in [0.717, 1.165) is 19.5 Å². The fourth-order valence-corrected chi connectivity index (χ4v) is 1.16. The van der Waals surface area contributed by atoms with Crippen LogP contribution in [0, 0.1) is 0 Å². The van der Waals surface area contributed by atoms with E-state index < -0.39 is 0 Å². The van der Waals surface area contributed by atoms with Crippen LogP contribution >= 0.6 is 12.8 Å². The zero-order valence-corrected chi connectivity index (χ0v) is 8.13. The lowest BCUT2D eigenvalue weighted by molar-refractivity contribution is 0.160. The van der Waals surface area contributed by atoms with Crippen LogP contribution < -0.4 is 4.72 Å². The summed E-state index contributed by atoms with van der Waals surface area (Å²) in [5, 5.41) is 17.3. The van der Waals surface area contributed by atoms with Crippen molar-refractivity contribution in [2.75, 3.05) is 39.4 Å². The summed E-state index contributed by atoms with van der Waals surface area (Å²) in [6, 6.07) is 0. The predicted molar refractivity (Wildman–Crippen MR) is 52.2 cm³/mol. The van der Waals surface area contributed by atoms with Crippen LogP contribution in [0.5, 0.6) is 0 Å². The third-order valence-corrected chi connectivity index (χ3v) is 1.82. The molecule has 0 amide bonds. The highest BCUT2D eigenvalue weighted by atomic mass is 32.1. The van der Waals surface area contributed by atoms with Gasteiger partial charge >= 0.3 is 0 Å². The van der Waals surface area contributed by atoms with Crippen molar-refractivity contribution in [1.82, 2.24) is 9.62 Å². The summed E-state index contributed by atoms with van der Waals surface area (Å²) in [6.45, 7) is 3.29. The second kappa shape index (κ2) is 9.28. The van der Waals surface area contributed by atoms with Gasteiger partial charge in [0.25, 0.3) is 0 Å². The Balaban J connectivity index is 3.34. The fraction of sp³-hybridized carbons (Fsp3) is 1.00. The minimum atomic E-state index is 0.147. The maximum Gasteiger partial charge on any atom is 0.0558 e. The van der Waals surface area contributed by atoms with E-state index in [0.29, 0.717) is 13.1 Å². The lowest BCUT2D eigenvalue weighted by atomic mass is 10.3. The smallest absolute Gasteiger partial charge is 0.0558 e. The quantitative estimate of drug-likeness (QED) is 0.299. The van der Waals surface area contributed by atoms with Gasteiger partial charge < -0.3 is 10.2 Å². The van der Waals surface area contributed by atoms with Crippen LogP contribution in [0.4, 0.5) is 0 Å². The van der Waals surface area contributed by atoms with Crippen LogP contribution in [-0.2, 0) is 0 Å². The molecule has 0 aliphatic carbocycles. The molecule has 0 bridgehead atoms. The topological polar surface area (TPSA) is 55.7 Å². The molecule has 3 N–H and O–H groups in total. The van der Waals surface area contributed by atoms with E-state index in [4.69, 9.17) is 10.2 Å². The number of aliphatic hydroxyl groups excluding tert-OH is 2. The Labute approximate surface area is 79.1 Å². The molecule has 0 saturated carbocycles. The van der Waals surface area contributed by atoms with Crippen molar-refractivity contribution in [3.63, 3.8) is 0 Å². The summed E-state index contributed by atoms with van der Waals surface area (Å²) < 4.78 is 2.75. The molecule has 4 nitrogen and oxygen atoms in total. The van der Waals surface area contributed by atoms with Gasteiger partial charge in [-0.15, -0.1) is 0 Å². The SMILES string of the molecule is OCCN(CCO)CCCNS. The molecular formula is C7H18N2O2S. The highest BCUT2D eigenvalue weighted by Crippen LogP contribution is 1.89. The second-order valence-corrected chi connectivity index (χ2v) is 2.87. The molecule has 0 rings (SSSR count). The first-order chi connectivity index (χ1) is 5.85. The number of aliphatic hydroxyl groups is 2. The number of thiol groups is 1. The molecule has 0 atom stereocenters. The van der Waals surface area contributed by atoms with Gasteiger partial charge in [-0.2, -0.15) is 0 Å². The van der Waals surface area contributed by atoms with Gasteiger partial charge in [-0.25, -0.2) is 0 Å². The van der Waals surface area contributed by atoms with Crippen LogP contribution in [0.1, 0.15) is 6.42 Å². The molecule has 0 aliphatic rings. The van der Waals surface area contributed by atoms with Crippen molar-refractivity contribution in [1.29, 1.82) is 0 Å². The lowest BCUT2D eigenvalue weighted by Crippen LogP contribution is -2.31. The average molecular weight is 194 g/mol. The molecule has 0 unspecified atom stereocenters. The van der Waals surface area contributed by atoms with Gasteiger partial charge in [-0.3, -0.25) is 9.62 Å². The Bertz CT molecular complexity index is 89.5. The molecule has 0 saturated heterocycles. The Morgan fingerprint density at radius 2 is 1.67 bits per heavy atom. The maximum atomic E-state index is 8.67. The molecule has 0 aromatic carbocycles.